The number of benzene rings is 1. The van der Waals surface area contributed by atoms with Gasteiger partial charge in [0.15, 0.2) is 0 Å². The molecule has 0 saturated carbocycles. The van der Waals surface area contributed by atoms with Crippen molar-refractivity contribution in [2.24, 2.45) is 0 Å². The van der Waals surface area contributed by atoms with E-state index in [0.717, 1.165) is 12.2 Å². The maximum atomic E-state index is 11.7. The van der Waals surface area contributed by atoms with Gasteiger partial charge in [-0.2, -0.15) is 0 Å². The standard InChI is InChI=1S/C15H16N2O2S/c18-14-8-9-16-11-13(14)17-15(19)7-4-10-20-12-5-2-1-3-6-12/h1-3,5-6,8-9,11H,4,7,10H2,(H,16,18)(H,17,19). The summed E-state index contributed by atoms with van der Waals surface area (Å²) in [5.74, 6) is 0.810. The first-order valence-electron chi connectivity index (χ1n) is 6.36. The summed E-state index contributed by atoms with van der Waals surface area (Å²) in [5.41, 5.74) is 0.355. The first kappa shape index (κ1) is 14.4. The van der Waals surface area contributed by atoms with Gasteiger partial charge in [-0.25, -0.2) is 0 Å². The molecule has 1 amide bonds. The Balaban J connectivity index is 1.69. The molecule has 2 N–H and O–H groups in total. The van der Waals surface area contributed by atoms with Crippen LogP contribution in [0, 0.1) is 0 Å². The highest BCUT2D eigenvalue weighted by molar-refractivity contribution is 7.99. The summed E-state index contributed by atoms with van der Waals surface area (Å²) in [4.78, 5) is 16.8. The van der Waals surface area contributed by atoms with Gasteiger partial charge in [-0.3, -0.25) is 9.78 Å². The van der Waals surface area contributed by atoms with Gasteiger partial charge in [-0.1, -0.05) is 18.2 Å². The SMILES string of the molecule is O=C(CCCSc1ccccc1)Nc1cnccc1O. The largest absolute Gasteiger partial charge is 0.506 e. The zero-order valence-electron chi connectivity index (χ0n) is 11.0. The number of amides is 1. The second-order valence-electron chi connectivity index (χ2n) is 4.21. The molecule has 0 fully saturated rings. The summed E-state index contributed by atoms with van der Waals surface area (Å²) in [5, 5.41) is 12.2. The Kier molecular flexibility index (Phi) is 5.43. The topological polar surface area (TPSA) is 62.2 Å². The van der Waals surface area contributed by atoms with E-state index in [4.69, 9.17) is 0 Å². The van der Waals surface area contributed by atoms with Crippen LogP contribution in [0.1, 0.15) is 12.8 Å². The van der Waals surface area contributed by atoms with Gasteiger partial charge >= 0.3 is 0 Å². The lowest BCUT2D eigenvalue weighted by atomic mass is 10.3. The average molecular weight is 288 g/mol. The lowest BCUT2D eigenvalue weighted by Gasteiger charge is -2.06. The summed E-state index contributed by atoms with van der Waals surface area (Å²) in [6.45, 7) is 0. The summed E-state index contributed by atoms with van der Waals surface area (Å²) >= 11 is 1.73. The smallest absolute Gasteiger partial charge is 0.224 e. The minimum atomic E-state index is -0.109. The molecule has 0 aliphatic rings. The van der Waals surface area contributed by atoms with Crippen LogP contribution in [-0.2, 0) is 4.79 Å². The van der Waals surface area contributed by atoms with E-state index in [-0.39, 0.29) is 11.7 Å². The molecule has 104 valence electrons. The predicted octanol–water partition coefficient (Wildman–Crippen LogP) is 3.30. The lowest BCUT2D eigenvalue weighted by molar-refractivity contribution is -0.116. The van der Waals surface area contributed by atoms with Crippen molar-refractivity contribution in [2.45, 2.75) is 17.7 Å². The maximum absolute atomic E-state index is 11.7. The number of carbonyl (C=O) groups is 1. The summed E-state index contributed by atoms with van der Waals surface area (Å²) in [7, 11) is 0. The lowest BCUT2D eigenvalue weighted by Crippen LogP contribution is -2.11. The normalized spacial score (nSPS) is 10.2. The molecule has 1 aromatic carbocycles. The number of hydrogen-bond acceptors (Lipinski definition) is 4. The van der Waals surface area contributed by atoms with E-state index < -0.39 is 0 Å². The average Bonchev–Trinajstić information content (AvgIpc) is 2.47. The fourth-order valence-corrected chi connectivity index (χ4v) is 2.51. The van der Waals surface area contributed by atoms with Crippen molar-refractivity contribution in [3.05, 3.63) is 48.8 Å². The van der Waals surface area contributed by atoms with Crippen LogP contribution in [0.25, 0.3) is 0 Å². The number of nitrogens with one attached hydrogen (secondary N) is 1. The second kappa shape index (κ2) is 7.55. The van der Waals surface area contributed by atoms with Crippen molar-refractivity contribution in [2.75, 3.05) is 11.1 Å². The molecule has 0 atom stereocenters. The molecule has 0 aliphatic heterocycles. The molecule has 1 heterocycles. The van der Waals surface area contributed by atoms with Crippen LogP contribution < -0.4 is 5.32 Å². The Morgan fingerprint density at radius 3 is 2.80 bits per heavy atom. The monoisotopic (exact) mass is 288 g/mol. The molecule has 4 nitrogen and oxygen atoms in total. The molecule has 1 aromatic heterocycles. The van der Waals surface area contributed by atoms with Gasteiger partial charge in [0.25, 0.3) is 0 Å². The summed E-state index contributed by atoms with van der Waals surface area (Å²) in [6.07, 6.45) is 4.12. The van der Waals surface area contributed by atoms with Crippen molar-refractivity contribution in [1.82, 2.24) is 4.98 Å². The van der Waals surface area contributed by atoms with Crippen LogP contribution in [0.5, 0.6) is 5.75 Å². The number of nitrogens with zero attached hydrogens (tertiary/aromatic N) is 1. The number of thioether (sulfide) groups is 1. The molecule has 0 aliphatic carbocycles. The minimum Gasteiger partial charge on any atom is -0.506 e. The van der Waals surface area contributed by atoms with Crippen LogP contribution in [0.2, 0.25) is 0 Å². The number of carbonyl (C=O) groups excluding carboxylic acids is 1. The molecule has 0 saturated heterocycles. The van der Waals surface area contributed by atoms with Crippen LogP contribution in [0.3, 0.4) is 0 Å². The molecule has 0 unspecified atom stereocenters. The Hall–Kier alpha value is -2.01. The highest BCUT2D eigenvalue weighted by atomic mass is 32.2. The molecule has 0 spiro atoms. The second-order valence-corrected chi connectivity index (χ2v) is 5.37. The van der Waals surface area contributed by atoms with Crippen molar-refractivity contribution in [3.63, 3.8) is 0 Å². The molecular weight excluding hydrogens is 272 g/mol. The summed E-state index contributed by atoms with van der Waals surface area (Å²) in [6, 6.07) is 11.5. The maximum Gasteiger partial charge on any atom is 0.224 e. The van der Waals surface area contributed by atoms with Gasteiger partial charge in [0.2, 0.25) is 5.91 Å². The highest BCUT2D eigenvalue weighted by Gasteiger charge is 2.06. The van der Waals surface area contributed by atoms with E-state index in [1.54, 1.807) is 11.8 Å². The first-order chi connectivity index (χ1) is 9.75. The number of pyridine rings is 1. The molecule has 2 aromatic rings. The number of aromatic hydroxyl groups is 1. The zero-order valence-corrected chi connectivity index (χ0v) is 11.8. The fraction of sp³-hybridized carbons (Fsp3) is 0.200. The molecule has 0 radical (unpaired) electrons. The van der Waals surface area contributed by atoms with Crippen LogP contribution >= 0.6 is 11.8 Å². The van der Waals surface area contributed by atoms with E-state index in [1.165, 1.54) is 23.4 Å². The van der Waals surface area contributed by atoms with E-state index >= 15 is 0 Å². The number of hydrogen-bond donors (Lipinski definition) is 2. The van der Waals surface area contributed by atoms with Crippen molar-refractivity contribution >= 4 is 23.4 Å². The van der Waals surface area contributed by atoms with Gasteiger partial charge in [0, 0.05) is 23.6 Å². The molecule has 5 heteroatoms. The van der Waals surface area contributed by atoms with E-state index in [9.17, 15) is 9.90 Å². The van der Waals surface area contributed by atoms with Gasteiger partial charge in [-0.15, -0.1) is 11.8 Å². The Bertz CT molecular complexity index is 561. The molecule has 0 bridgehead atoms. The Morgan fingerprint density at radius 1 is 1.25 bits per heavy atom. The van der Waals surface area contributed by atoms with Crippen LogP contribution in [0.4, 0.5) is 5.69 Å². The Morgan fingerprint density at radius 2 is 2.05 bits per heavy atom. The molecular formula is C15H16N2O2S. The van der Waals surface area contributed by atoms with Gasteiger partial charge in [0.1, 0.15) is 11.4 Å². The quantitative estimate of drug-likeness (QED) is 0.632. The zero-order chi connectivity index (χ0) is 14.2. The third-order valence-corrected chi connectivity index (χ3v) is 3.73. The highest BCUT2D eigenvalue weighted by Crippen LogP contribution is 2.21. The van der Waals surface area contributed by atoms with Crippen LogP contribution in [-0.4, -0.2) is 21.8 Å². The summed E-state index contributed by atoms with van der Waals surface area (Å²) < 4.78 is 0. The predicted molar refractivity (Wildman–Crippen MR) is 80.9 cm³/mol. The van der Waals surface area contributed by atoms with E-state index in [2.05, 4.69) is 22.4 Å². The number of rotatable bonds is 6. The number of aromatic nitrogens is 1. The van der Waals surface area contributed by atoms with Gasteiger partial charge < -0.3 is 10.4 Å². The first-order valence-corrected chi connectivity index (χ1v) is 7.35. The number of anilines is 1. The third-order valence-electron chi connectivity index (χ3n) is 2.63. The fourth-order valence-electron chi connectivity index (χ4n) is 1.64. The van der Waals surface area contributed by atoms with Crippen molar-refractivity contribution < 1.29 is 9.90 Å². The van der Waals surface area contributed by atoms with Crippen LogP contribution in [0.15, 0.2) is 53.7 Å². The van der Waals surface area contributed by atoms with Crippen molar-refractivity contribution in [3.8, 4) is 5.75 Å². The van der Waals surface area contributed by atoms with Gasteiger partial charge in [0.05, 0.1) is 6.20 Å². The van der Waals surface area contributed by atoms with E-state index in [0.29, 0.717) is 12.1 Å². The molecule has 20 heavy (non-hydrogen) atoms. The van der Waals surface area contributed by atoms with Gasteiger partial charge in [-0.05, 0) is 24.3 Å². The minimum absolute atomic E-state index is 0.0343. The van der Waals surface area contributed by atoms with E-state index in [1.807, 2.05) is 18.2 Å². The van der Waals surface area contributed by atoms with Crippen molar-refractivity contribution in [1.29, 1.82) is 0 Å². The molecule has 2 rings (SSSR count). The Labute approximate surface area is 122 Å². The third kappa shape index (κ3) is 4.59.